The van der Waals surface area contributed by atoms with Gasteiger partial charge >= 0.3 is 6.03 Å². The molecule has 0 aliphatic carbocycles. The molecule has 1 aromatic rings. The number of methoxy groups -OCH3 is 1. The molecule has 0 spiro atoms. The fourth-order valence-electron chi connectivity index (χ4n) is 2.51. The minimum Gasteiger partial charge on any atom is -0.383 e. The summed E-state index contributed by atoms with van der Waals surface area (Å²) in [5, 5.41) is 7.10. The molecule has 2 amide bonds. The Kier molecular flexibility index (Phi) is 6.67. The first-order valence-electron chi connectivity index (χ1n) is 7.80. The lowest BCUT2D eigenvalue weighted by molar-refractivity contribution is 0.0175. The van der Waals surface area contributed by atoms with Gasteiger partial charge < -0.3 is 19.7 Å². The Balaban J connectivity index is 1.84. The Bertz CT molecular complexity index is 457. The van der Waals surface area contributed by atoms with Crippen molar-refractivity contribution in [2.24, 2.45) is 7.05 Å². The van der Waals surface area contributed by atoms with E-state index in [1.807, 2.05) is 13.2 Å². The quantitative estimate of drug-likeness (QED) is 0.820. The first-order chi connectivity index (χ1) is 10.7. The number of nitrogens with one attached hydrogen (secondary N) is 1. The predicted octanol–water partition coefficient (Wildman–Crippen LogP) is 1.15. The minimum absolute atomic E-state index is 0.0879. The standard InChI is InChI=1S/C15H26N4O3/c1-18-11-13(9-17-18)12-19(6-8-21-2)15(20)16-10-14-5-3-4-7-22-14/h9,11,14H,3-8,10,12H2,1-2H3,(H,16,20)/t14-/m1/s1. The number of aryl methyl sites for hydroxylation is 1. The average molecular weight is 310 g/mol. The number of amides is 2. The second kappa shape index (κ2) is 8.75. The van der Waals surface area contributed by atoms with E-state index in [0.29, 0.717) is 26.2 Å². The van der Waals surface area contributed by atoms with Gasteiger partial charge in [-0.1, -0.05) is 0 Å². The molecule has 0 bridgehead atoms. The third kappa shape index (κ3) is 5.31. The van der Waals surface area contributed by atoms with Crippen LogP contribution in [-0.4, -0.2) is 60.2 Å². The normalized spacial score (nSPS) is 18.2. The second-order valence-electron chi connectivity index (χ2n) is 5.61. The van der Waals surface area contributed by atoms with E-state index in [0.717, 1.165) is 25.0 Å². The molecule has 7 heteroatoms. The van der Waals surface area contributed by atoms with Crippen molar-refractivity contribution < 1.29 is 14.3 Å². The SMILES string of the molecule is COCCN(Cc1cnn(C)c1)C(=O)NC[C@H]1CCCCO1. The van der Waals surface area contributed by atoms with Crippen LogP contribution >= 0.6 is 0 Å². The molecular weight excluding hydrogens is 284 g/mol. The smallest absolute Gasteiger partial charge is 0.317 e. The van der Waals surface area contributed by atoms with Gasteiger partial charge in [0.2, 0.25) is 0 Å². The van der Waals surface area contributed by atoms with Crippen LogP contribution in [0.2, 0.25) is 0 Å². The van der Waals surface area contributed by atoms with Gasteiger partial charge in [-0.2, -0.15) is 5.10 Å². The van der Waals surface area contributed by atoms with Crippen LogP contribution in [-0.2, 0) is 23.1 Å². The Labute approximate surface area is 131 Å². The maximum Gasteiger partial charge on any atom is 0.317 e. The Morgan fingerprint density at radius 2 is 2.45 bits per heavy atom. The van der Waals surface area contributed by atoms with Crippen LogP contribution in [0.15, 0.2) is 12.4 Å². The number of ether oxygens (including phenoxy) is 2. The van der Waals surface area contributed by atoms with Crippen LogP contribution in [0.1, 0.15) is 24.8 Å². The highest BCUT2D eigenvalue weighted by Gasteiger charge is 2.18. The van der Waals surface area contributed by atoms with Crippen LogP contribution in [0, 0.1) is 0 Å². The number of carbonyl (C=O) groups excluding carboxylic acids is 1. The number of urea groups is 1. The summed E-state index contributed by atoms with van der Waals surface area (Å²) in [7, 11) is 3.50. The van der Waals surface area contributed by atoms with Crippen molar-refractivity contribution in [1.82, 2.24) is 20.0 Å². The summed E-state index contributed by atoms with van der Waals surface area (Å²) in [5.41, 5.74) is 1.00. The van der Waals surface area contributed by atoms with Crippen molar-refractivity contribution in [3.8, 4) is 0 Å². The van der Waals surface area contributed by atoms with Crippen molar-refractivity contribution in [2.75, 3.05) is 33.4 Å². The Morgan fingerprint density at radius 1 is 1.59 bits per heavy atom. The maximum atomic E-state index is 12.4. The molecule has 1 atom stereocenters. The molecule has 7 nitrogen and oxygen atoms in total. The highest BCUT2D eigenvalue weighted by molar-refractivity contribution is 5.74. The fraction of sp³-hybridized carbons (Fsp3) is 0.733. The molecule has 0 aromatic carbocycles. The molecule has 2 rings (SSSR count). The van der Waals surface area contributed by atoms with Crippen molar-refractivity contribution in [2.45, 2.75) is 31.9 Å². The third-order valence-corrected chi connectivity index (χ3v) is 3.74. The van der Waals surface area contributed by atoms with E-state index < -0.39 is 0 Å². The van der Waals surface area contributed by atoms with E-state index >= 15 is 0 Å². The molecule has 1 aliphatic heterocycles. The summed E-state index contributed by atoms with van der Waals surface area (Å²) >= 11 is 0. The van der Waals surface area contributed by atoms with E-state index in [9.17, 15) is 4.79 Å². The predicted molar refractivity (Wildman–Crippen MR) is 82.5 cm³/mol. The zero-order valence-corrected chi connectivity index (χ0v) is 13.5. The molecule has 22 heavy (non-hydrogen) atoms. The Hall–Kier alpha value is -1.60. The van der Waals surface area contributed by atoms with Crippen LogP contribution in [0.3, 0.4) is 0 Å². The van der Waals surface area contributed by atoms with Crippen molar-refractivity contribution in [1.29, 1.82) is 0 Å². The van der Waals surface area contributed by atoms with Crippen molar-refractivity contribution in [3.63, 3.8) is 0 Å². The van der Waals surface area contributed by atoms with Crippen molar-refractivity contribution >= 4 is 6.03 Å². The van der Waals surface area contributed by atoms with E-state index in [1.54, 1.807) is 22.9 Å². The van der Waals surface area contributed by atoms with Gasteiger partial charge in [0.1, 0.15) is 0 Å². The number of carbonyl (C=O) groups is 1. The van der Waals surface area contributed by atoms with Gasteiger partial charge in [-0.25, -0.2) is 4.79 Å². The summed E-state index contributed by atoms with van der Waals surface area (Å²) < 4.78 is 12.5. The number of rotatable bonds is 7. The Morgan fingerprint density at radius 3 is 3.09 bits per heavy atom. The zero-order valence-electron chi connectivity index (χ0n) is 13.5. The van der Waals surface area contributed by atoms with Gasteiger partial charge in [0, 0.05) is 45.6 Å². The van der Waals surface area contributed by atoms with E-state index in [2.05, 4.69) is 10.4 Å². The molecule has 1 aliphatic rings. The monoisotopic (exact) mass is 310 g/mol. The van der Waals surface area contributed by atoms with E-state index in [-0.39, 0.29) is 12.1 Å². The molecule has 0 saturated carbocycles. The van der Waals surface area contributed by atoms with Gasteiger partial charge in [-0.15, -0.1) is 0 Å². The lowest BCUT2D eigenvalue weighted by Gasteiger charge is -2.26. The van der Waals surface area contributed by atoms with E-state index in [4.69, 9.17) is 9.47 Å². The maximum absolute atomic E-state index is 12.4. The summed E-state index contributed by atoms with van der Waals surface area (Å²) in [6, 6.07) is -0.0879. The topological polar surface area (TPSA) is 68.6 Å². The molecule has 1 fully saturated rings. The molecule has 0 radical (unpaired) electrons. The molecule has 1 aromatic heterocycles. The molecule has 1 saturated heterocycles. The highest BCUT2D eigenvalue weighted by atomic mass is 16.5. The summed E-state index contributed by atoms with van der Waals surface area (Å²) in [6.45, 7) is 2.93. The number of hydrogen-bond acceptors (Lipinski definition) is 4. The molecule has 2 heterocycles. The summed E-state index contributed by atoms with van der Waals surface area (Å²) in [6.07, 6.45) is 7.13. The average Bonchev–Trinajstić information content (AvgIpc) is 2.95. The van der Waals surface area contributed by atoms with Crippen LogP contribution in [0.4, 0.5) is 4.79 Å². The number of nitrogens with zero attached hydrogens (tertiary/aromatic N) is 3. The van der Waals surface area contributed by atoms with Gasteiger partial charge in [-0.05, 0) is 19.3 Å². The zero-order chi connectivity index (χ0) is 15.8. The third-order valence-electron chi connectivity index (χ3n) is 3.74. The highest BCUT2D eigenvalue weighted by Crippen LogP contribution is 2.12. The first kappa shape index (κ1) is 16.8. The van der Waals surface area contributed by atoms with Gasteiger partial charge in [-0.3, -0.25) is 4.68 Å². The van der Waals surface area contributed by atoms with E-state index in [1.165, 1.54) is 6.42 Å². The minimum atomic E-state index is -0.0879. The molecule has 0 unspecified atom stereocenters. The first-order valence-corrected chi connectivity index (χ1v) is 7.80. The van der Waals surface area contributed by atoms with Crippen LogP contribution < -0.4 is 5.32 Å². The van der Waals surface area contributed by atoms with Gasteiger partial charge in [0.25, 0.3) is 0 Å². The lowest BCUT2D eigenvalue weighted by atomic mass is 10.1. The van der Waals surface area contributed by atoms with Gasteiger partial charge in [0.05, 0.1) is 25.5 Å². The van der Waals surface area contributed by atoms with Crippen LogP contribution in [0.25, 0.3) is 0 Å². The summed E-state index contributed by atoms with van der Waals surface area (Å²) in [5.74, 6) is 0. The van der Waals surface area contributed by atoms with Crippen molar-refractivity contribution in [3.05, 3.63) is 18.0 Å². The summed E-state index contributed by atoms with van der Waals surface area (Å²) in [4.78, 5) is 14.1. The fourth-order valence-corrected chi connectivity index (χ4v) is 2.51. The van der Waals surface area contributed by atoms with Gasteiger partial charge in [0.15, 0.2) is 0 Å². The second-order valence-corrected chi connectivity index (χ2v) is 5.61. The lowest BCUT2D eigenvalue weighted by Crippen LogP contribution is -2.44. The number of hydrogen-bond donors (Lipinski definition) is 1. The molecule has 1 N–H and O–H groups in total. The molecular formula is C15H26N4O3. The number of aromatic nitrogens is 2. The largest absolute Gasteiger partial charge is 0.383 e. The van der Waals surface area contributed by atoms with Crippen LogP contribution in [0.5, 0.6) is 0 Å². The molecule has 124 valence electrons.